The number of aromatic nitrogens is 2. The third-order valence-corrected chi connectivity index (χ3v) is 4.50. The van der Waals surface area contributed by atoms with Gasteiger partial charge >= 0.3 is 0 Å². The van der Waals surface area contributed by atoms with Crippen LogP contribution >= 0.6 is 11.8 Å². The summed E-state index contributed by atoms with van der Waals surface area (Å²) in [6.07, 6.45) is 0.557. The Hall–Kier alpha value is -2.67. The Morgan fingerprint density at radius 1 is 1.12 bits per heavy atom. The Kier molecular flexibility index (Phi) is 6.01. The molecule has 2 aromatic carbocycles. The molecule has 1 aromatic heterocycles. The summed E-state index contributed by atoms with van der Waals surface area (Å²) < 4.78 is 18.8. The second kappa shape index (κ2) is 8.62. The zero-order valence-corrected chi connectivity index (χ0v) is 15.1. The molecule has 134 valence electrons. The molecule has 0 bridgehead atoms. The first kappa shape index (κ1) is 18.1. The van der Waals surface area contributed by atoms with Gasteiger partial charge in [-0.05, 0) is 23.3 Å². The molecule has 1 heterocycles. The minimum Gasteiger partial charge on any atom is -0.416 e. The zero-order valence-electron chi connectivity index (χ0n) is 14.3. The highest BCUT2D eigenvalue weighted by Gasteiger charge is 2.14. The van der Waals surface area contributed by atoms with E-state index in [9.17, 15) is 9.18 Å². The molecule has 0 saturated heterocycles. The molecule has 0 fully saturated rings. The first-order valence-corrected chi connectivity index (χ1v) is 9.06. The van der Waals surface area contributed by atoms with E-state index in [1.54, 1.807) is 24.1 Å². The second-order valence-corrected chi connectivity index (χ2v) is 6.72. The van der Waals surface area contributed by atoms with Gasteiger partial charge in [0, 0.05) is 13.6 Å². The van der Waals surface area contributed by atoms with E-state index in [1.165, 1.54) is 23.9 Å². The lowest BCUT2D eigenvalue weighted by Gasteiger charge is -2.16. The van der Waals surface area contributed by atoms with Gasteiger partial charge in [-0.1, -0.05) is 54.2 Å². The fourth-order valence-corrected chi connectivity index (χ4v) is 3.09. The summed E-state index contributed by atoms with van der Waals surface area (Å²) >= 11 is 1.20. The minimum atomic E-state index is -0.311. The number of halogens is 1. The number of carbonyl (C=O) groups excluding carboxylic acids is 1. The van der Waals surface area contributed by atoms with Gasteiger partial charge in [0.15, 0.2) is 0 Å². The second-order valence-electron chi connectivity index (χ2n) is 5.79. The van der Waals surface area contributed by atoms with Crippen molar-refractivity contribution in [1.29, 1.82) is 0 Å². The van der Waals surface area contributed by atoms with E-state index in [1.807, 2.05) is 30.3 Å². The molecule has 7 heteroatoms. The van der Waals surface area contributed by atoms with Crippen molar-refractivity contribution < 1.29 is 13.6 Å². The standard InChI is InChI=1S/C19H18FN3O2S/c1-23(12-15-8-5-9-16(20)10-15)18(24)13-26-19-22-21-17(25-19)11-14-6-3-2-4-7-14/h2-10H,11-13H2,1H3. The lowest BCUT2D eigenvalue weighted by atomic mass is 10.2. The molecule has 0 atom stereocenters. The number of amides is 1. The van der Waals surface area contributed by atoms with E-state index in [2.05, 4.69) is 10.2 Å². The molecule has 0 N–H and O–H groups in total. The number of hydrogen-bond acceptors (Lipinski definition) is 5. The number of carbonyl (C=O) groups is 1. The first-order valence-electron chi connectivity index (χ1n) is 8.07. The van der Waals surface area contributed by atoms with Crippen LogP contribution in [0.5, 0.6) is 0 Å². The van der Waals surface area contributed by atoms with Crippen LogP contribution in [-0.2, 0) is 17.8 Å². The average molecular weight is 371 g/mol. The van der Waals surface area contributed by atoms with E-state index in [0.29, 0.717) is 24.1 Å². The summed E-state index contributed by atoms with van der Waals surface area (Å²) in [5, 5.41) is 8.34. The molecule has 0 saturated carbocycles. The van der Waals surface area contributed by atoms with Gasteiger partial charge < -0.3 is 9.32 Å². The Balaban J connectivity index is 1.50. The molecule has 3 aromatic rings. The number of hydrogen-bond donors (Lipinski definition) is 0. The Morgan fingerprint density at radius 2 is 1.88 bits per heavy atom. The number of nitrogens with zero attached hydrogens (tertiary/aromatic N) is 3. The van der Waals surface area contributed by atoms with Crippen molar-refractivity contribution in [3.8, 4) is 0 Å². The molecule has 0 aliphatic heterocycles. The summed E-state index contributed by atoms with van der Waals surface area (Å²) in [7, 11) is 1.68. The van der Waals surface area contributed by atoms with Crippen LogP contribution in [0.4, 0.5) is 4.39 Å². The normalized spacial score (nSPS) is 10.7. The molecule has 5 nitrogen and oxygen atoms in total. The molecule has 0 aliphatic rings. The van der Waals surface area contributed by atoms with Crippen LogP contribution in [0.25, 0.3) is 0 Å². The summed E-state index contributed by atoms with van der Waals surface area (Å²) in [6, 6.07) is 16.0. The van der Waals surface area contributed by atoms with Crippen LogP contribution in [-0.4, -0.2) is 33.8 Å². The van der Waals surface area contributed by atoms with Crippen molar-refractivity contribution in [2.45, 2.75) is 18.2 Å². The summed E-state index contributed by atoms with van der Waals surface area (Å²) in [5.41, 5.74) is 1.83. The Labute approximate surface area is 155 Å². The topological polar surface area (TPSA) is 59.2 Å². The average Bonchev–Trinajstić information content (AvgIpc) is 3.08. The summed E-state index contributed by atoms with van der Waals surface area (Å²) in [5.74, 6) is 0.287. The molecule has 3 rings (SSSR count). The van der Waals surface area contributed by atoms with Gasteiger partial charge in [0.1, 0.15) is 5.82 Å². The third-order valence-electron chi connectivity index (χ3n) is 3.70. The highest BCUT2D eigenvalue weighted by Crippen LogP contribution is 2.18. The fraction of sp³-hybridized carbons (Fsp3) is 0.211. The van der Waals surface area contributed by atoms with Crippen LogP contribution < -0.4 is 0 Å². The molecular weight excluding hydrogens is 353 g/mol. The summed E-state index contributed by atoms with van der Waals surface area (Å²) in [4.78, 5) is 13.8. The zero-order chi connectivity index (χ0) is 18.4. The smallest absolute Gasteiger partial charge is 0.277 e. The van der Waals surface area contributed by atoms with Crippen LogP contribution in [0, 0.1) is 5.82 Å². The van der Waals surface area contributed by atoms with Gasteiger partial charge in [0.25, 0.3) is 5.22 Å². The van der Waals surface area contributed by atoms with Crippen molar-refractivity contribution in [1.82, 2.24) is 15.1 Å². The predicted molar refractivity (Wildman–Crippen MR) is 97.1 cm³/mol. The molecule has 0 radical (unpaired) electrons. The van der Waals surface area contributed by atoms with Gasteiger partial charge in [0.2, 0.25) is 11.8 Å². The number of rotatable bonds is 7. The maximum atomic E-state index is 13.2. The van der Waals surface area contributed by atoms with Gasteiger partial charge in [-0.2, -0.15) is 0 Å². The Bertz CT molecular complexity index is 870. The number of thioether (sulfide) groups is 1. The molecule has 0 unspecified atom stereocenters. The fourth-order valence-electron chi connectivity index (χ4n) is 2.37. The SMILES string of the molecule is CN(Cc1cccc(F)c1)C(=O)CSc1nnc(Cc2ccccc2)o1. The largest absolute Gasteiger partial charge is 0.416 e. The molecule has 0 spiro atoms. The van der Waals surface area contributed by atoms with E-state index in [0.717, 1.165) is 11.1 Å². The third kappa shape index (κ3) is 5.16. The molecule has 1 amide bonds. The number of benzene rings is 2. The highest BCUT2D eigenvalue weighted by molar-refractivity contribution is 7.99. The highest BCUT2D eigenvalue weighted by atomic mass is 32.2. The van der Waals surface area contributed by atoms with Gasteiger partial charge in [-0.25, -0.2) is 4.39 Å². The van der Waals surface area contributed by atoms with E-state index < -0.39 is 0 Å². The van der Waals surface area contributed by atoms with Crippen molar-refractivity contribution >= 4 is 17.7 Å². The quantitative estimate of drug-likeness (QED) is 0.595. The molecule has 26 heavy (non-hydrogen) atoms. The van der Waals surface area contributed by atoms with Crippen molar-refractivity contribution in [2.75, 3.05) is 12.8 Å². The van der Waals surface area contributed by atoms with E-state index >= 15 is 0 Å². The van der Waals surface area contributed by atoms with Crippen LogP contribution in [0.3, 0.4) is 0 Å². The van der Waals surface area contributed by atoms with Crippen LogP contribution in [0.15, 0.2) is 64.2 Å². The van der Waals surface area contributed by atoms with Gasteiger partial charge in [-0.15, -0.1) is 10.2 Å². The van der Waals surface area contributed by atoms with Crippen molar-refractivity contribution in [2.24, 2.45) is 0 Å². The van der Waals surface area contributed by atoms with E-state index in [-0.39, 0.29) is 17.5 Å². The maximum Gasteiger partial charge on any atom is 0.277 e. The van der Waals surface area contributed by atoms with Gasteiger partial charge in [0.05, 0.1) is 12.2 Å². The predicted octanol–water partition coefficient (Wildman–Crippen LogP) is 3.55. The summed E-state index contributed by atoms with van der Waals surface area (Å²) in [6.45, 7) is 0.347. The van der Waals surface area contributed by atoms with Gasteiger partial charge in [-0.3, -0.25) is 4.79 Å². The monoisotopic (exact) mass is 371 g/mol. The maximum absolute atomic E-state index is 13.2. The lowest BCUT2D eigenvalue weighted by Crippen LogP contribution is -2.27. The molecule has 0 aliphatic carbocycles. The van der Waals surface area contributed by atoms with Crippen LogP contribution in [0.2, 0.25) is 0 Å². The Morgan fingerprint density at radius 3 is 2.65 bits per heavy atom. The van der Waals surface area contributed by atoms with Crippen LogP contribution in [0.1, 0.15) is 17.0 Å². The van der Waals surface area contributed by atoms with Crippen molar-refractivity contribution in [3.63, 3.8) is 0 Å². The first-order chi connectivity index (χ1) is 12.6. The van der Waals surface area contributed by atoms with Crippen molar-refractivity contribution in [3.05, 3.63) is 77.4 Å². The molecular formula is C19H18FN3O2S. The van der Waals surface area contributed by atoms with E-state index in [4.69, 9.17) is 4.42 Å². The lowest BCUT2D eigenvalue weighted by molar-refractivity contribution is -0.127. The minimum absolute atomic E-state index is 0.0953.